The minimum atomic E-state index is -0.312. The first-order valence-electron chi connectivity index (χ1n) is 6.47. The summed E-state index contributed by atoms with van der Waals surface area (Å²) in [6, 6.07) is 8.47. The van der Waals surface area contributed by atoms with Crippen molar-refractivity contribution in [3.05, 3.63) is 59.4 Å². The number of methoxy groups -OCH3 is 1. The van der Waals surface area contributed by atoms with Gasteiger partial charge in [-0.05, 0) is 42.8 Å². The quantitative estimate of drug-likeness (QED) is 0.853. The Labute approximate surface area is 123 Å². The number of nitrogens with one attached hydrogen (secondary N) is 1. The van der Waals surface area contributed by atoms with Gasteiger partial charge in [0.15, 0.2) is 5.78 Å². The van der Waals surface area contributed by atoms with Gasteiger partial charge in [-0.25, -0.2) is 0 Å². The molecule has 0 aliphatic carbocycles. The lowest BCUT2D eigenvalue weighted by atomic mass is 10.1. The molecule has 0 saturated heterocycles. The second-order valence-corrected chi connectivity index (χ2v) is 4.59. The summed E-state index contributed by atoms with van der Waals surface area (Å²) in [7, 11) is 1.56. The van der Waals surface area contributed by atoms with Crippen LogP contribution in [0.25, 0.3) is 0 Å². The van der Waals surface area contributed by atoms with Crippen LogP contribution in [-0.4, -0.2) is 30.3 Å². The molecule has 0 aliphatic rings. The summed E-state index contributed by atoms with van der Waals surface area (Å²) in [5.74, 6) is 0.209. The molecule has 108 valence electrons. The molecule has 0 aliphatic heterocycles. The van der Waals surface area contributed by atoms with Crippen LogP contribution in [0, 0.1) is 6.92 Å². The smallest absolute Gasteiger partial charge is 0.253 e. The highest BCUT2D eigenvalue weighted by molar-refractivity contribution is 6.02. The maximum Gasteiger partial charge on any atom is 0.253 e. The van der Waals surface area contributed by atoms with Gasteiger partial charge in [-0.2, -0.15) is 0 Å². The van der Waals surface area contributed by atoms with Gasteiger partial charge in [0.05, 0.1) is 19.2 Å². The maximum atomic E-state index is 12.0. The Morgan fingerprint density at radius 2 is 1.86 bits per heavy atom. The number of nitrogens with zero attached hydrogens (tertiary/aromatic N) is 1. The lowest BCUT2D eigenvalue weighted by Gasteiger charge is -2.06. The highest BCUT2D eigenvalue weighted by Crippen LogP contribution is 2.11. The van der Waals surface area contributed by atoms with Crippen molar-refractivity contribution in [1.82, 2.24) is 10.3 Å². The molecular weight excluding hydrogens is 268 g/mol. The topological polar surface area (TPSA) is 68.3 Å². The average Bonchev–Trinajstić information content (AvgIpc) is 2.52. The normalized spacial score (nSPS) is 10.0. The van der Waals surface area contributed by atoms with Gasteiger partial charge >= 0.3 is 0 Å². The Bertz CT molecular complexity index is 651. The van der Waals surface area contributed by atoms with E-state index in [2.05, 4.69) is 10.3 Å². The van der Waals surface area contributed by atoms with E-state index in [1.165, 1.54) is 6.20 Å². The van der Waals surface area contributed by atoms with Crippen molar-refractivity contribution in [2.45, 2.75) is 6.92 Å². The van der Waals surface area contributed by atoms with Crippen LogP contribution in [0.2, 0.25) is 0 Å². The molecule has 2 rings (SSSR count). The zero-order chi connectivity index (χ0) is 15.2. The first-order chi connectivity index (χ1) is 10.1. The SMILES string of the molecule is COc1ccc(C(=O)CNC(=O)c2cncc(C)c2)cc1. The van der Waals surface area contributed by atoms with E-state index in [1.54, 1.807) is 43.6 Å². The van der Waals surface area contributed by atoms with E-state index in [-0.39, 0.29) is 18.2 Å². The molecule has 0 bridgehead atoms. The van der Waals surface area contributed by atoms with E-state index < -0.39 is 0 Å². The van der Waals surface area contributed by atoms with Crippen LogP contribution in [0.4, 0.5) is 0 Å². The van der Waals surface area contributed by atoms with Gasteiger partial charge in [0, 0.05) is 18.0 Å². The number of hydrogen-bond donors (Lipinski definition) is 1. The number of pyridine rings is 1. The summed E-state index contributed by atoms with van der Waals surface area (Å²) >= 11 is 0. The molecule has 1 N–H and O–H groups in total. The van der Waals surface area contributed by atoms with E-state index in [9.17, 15) is 9.59 Å². The summed E-state index contributed by atoms with van der Waals surface area (Å²) in [4.78, 5) is 27.8. The van der Waals surface area contributed by atoms with E-state index in [0.29, 0.717) is 16.9 Å². The van der Waals surface area contributed by atoms with Crippen LogP contribution in [0.1, 0.15) is 26.3 Å². The molecule has 2 aromatic rings. The monoisotopic (exact) mass is 284 g/mol. The molecule has 1 amide bonds. The van der Waals surface area contributed by atoms with Crippen molar-refractivity contribution >= 4 is 11.7 Å². The van der Waals surface area contributed by atoms with E-state index in [1.807, 2.05) is 6.92 Å². The third kappa shape index (κ3) is 3.89. The Balaban J connectivity index is 1.95. The zero-order valence-electron chi connectivity index (χ0n) is 11.9. The van der Waals surface area contributed by atoms with Crippen LogP contribution in [0.5, 0.6) is 5.75 Å². The van der Waals surface area contributed by atoms with Crippen molar-refractivity contribution in [3.63, 3.8) is 0 Å². The number of hydrogen-bond acceptors (Lipinski definition) is 4. The Morgan fingerprint density at radius 3 is 2.48 bits per heavy atom. The standard InChI is InChI=1S/C16H16N2O3/c1-11-7-13(9-17-8-11)16(20)18-10-15(19)12-3-5-14(21-2)6-4-12/h3-9H,10H2,1-2H3,(H,18,20). The van der Waals surface area contributed by atoms with Gasteiger partial charge in [-0.1, -0.05) is 0 Å². The van der Waals surface area contributed by atoms with Crippen molar-refractivity contribution in [2.24, 2.45) is 0 Å². The molecule has 0 unspecified atom stereocenters. The summed E-state index contributed by atoms with van der Waals surface area (Å²) in [5, 5.41) is 2.59. The number of aryl methyl sites for hydroxylation is 1. The van der Waals surface area contributed by atoms with E-state index in [4.69, 9.17) is 4.74 Å². The number of ether oxygens (including phenoxy) is 1. The number of carbonyl (C=O) groups is 2. The molecule has 5 nitrogen and oxygen atoms in total. The number of rotatable bonds is 5. The molecule has 0 spiro atoms. The third-order valence-electron chi connectivity index (χ3n) is 2.96. The molecule has 0 radical (unpaired) electrons. The minimum Gasteiger partial charge on any atom is -0.497 e. The summed E-state index contributed by atoms with van der Waals surface area (Å²) < 4.78 is 5.03. The summed E-state index contributed by atoms with van der Waals surface area (Å²) in [5.41, 5.74) is 1.86. The molecule has 1 aromatic carbocycles. The molecule has 0 fully saturated rings. The number of carbonyl (C=O) groups excluding carboxylic acids is 2. The number of Topliss-reactive ketones (excluding diaryl/α,β-unsaturated/α-hetero) is 1. The predicted molar refractivity (Wildman–Crippen MR) is 78.6 cm³/mol. The Hall–Kier alpha value is -2.69. The molecule has 0 atom stereocenters. The first-order valence-corrected chi connectivity index (χ1v) is 6.47. The zero-order valence-corrected chi connectivity index (χ0v) is 11.9. The maximum absolute atomic E-state index is 12.0. The number of benzene rings is 1. The largest absolute Gasteiger partial charge is 0.497 e. The minimum absolute atomic E-state index is 0.0564. The Morgan fingerprint density at radius 1 is 1.14 bits per heavy atom. The fourth-order valence-electron chi connectivity index (χ4n) is 1.82. The third-order valence-corrected chi connectivity index (χ3v) is 2.96. The van der Waals surface area contributed by atoms with Crippen molar-refractivity contribution in [1.29, 1.82) is 0 Å². The molecular formula is C16H16N2O3. The van der Waals surface area contributed by atoms with Gasteiger partial charge in [-0.3, -0.25) is 14.6 Å². The fraction of sp³-hybridized carbons (Fsp3) is 0.188. The molecule has 1 aromatic heterocycles. The van der Waals surface area contributed by atoms with Crippen LogP contribution in [0.15, 0.2) is 42.7 Å². The highest BCUT2D eigenvalue weighted by Gasteiger charge is 2.10. The summed E-state index contributed by atoms with van der Waals surface area (Å²) in [6.45, 7) is 1.80. The van der Waals surface area contributed by atoms with Gasteiger partial charge in [0.1, 0.15) is 5.75 Å². The second-order valence-electron chi connectivity index (χ2n) is 4.59. The van der Waals surface area contributed by atoms with E-state index >= 15 is 0 Å². The molecule has 0 saturated carbocycles. The van der Waals surface area contributed by atoms with Crippen LogP contribution in [0.3, 0.4) is 0 Å². The molecule has 21 heavy (non-hydrogen) atoms. The predicted octanol–water partition coefficient (Wildman–Crippen LogP) is 2.01. The van der Waals surface area contributed by atoms with Gasteiger partial charge in [0.25, 0.3) is 5.91 Å². The van der Waals surface area contributed by atoms with Crippen molar-refractivity contribution in [3.8, 4) is 5.75 Å². The van der Waals surface area contributed by atoms with Gasteiger partial charge in [-0.15, -0.1) is 0 Å². The van der Waals surface area contributed by atoms with E-state index in [0.717, 1.165) is 5.56 Å². The number of aromatic nitrogens is 1. The molecule has 1 heterocycles. The first kappa shape index (κ1) is 14.7. The van der Waals surface area contributed by atoms with Crippen molar-refractivity contribution in [2.75, 3.05) is 13.7 Å². The van der Waals surface area contributed by atoms with Gasteiger partial charge in [0.2, 0.25) is 0 Å². The van der Waals surface area contributed by atoms with Crippen LogP contribution >= 0.6 is 0 Å². The number of amides is 1. The van der Waals surface area contributed by atoms with Crippen LogP contribution < -0.4 is 10.1 Å². The van der Waals surface area contributed by atoms with Crippen LogP contribution in [-0.2, 0) is 0 Å². The highest BCUT2D eigenvalue weighted by atomic mass is 16.5. The fourth-order valence-corrected chi connectivity index (χ4v) is 1.82. The lowest BCUT2D eigenvalue weighted by molar-refractivity contribution is 0.0904. The molecule has 5 heteroatoms. The average molecular weight is 284 g/mol. The second kappa shape index (κ2) is 6.65. The summed E-state index contributed by atoms with van der Waals surface area (Å²) in [6.07, 6.45) is 3.14. The van der Waals surface area contributed by atoms with Crippen molar-refractivity contribution < 1.29 is 14.3 Å². The lowest BCUT2D eigenvalue weighted by Crippen LogP contribution is -2.29. The number of ketones is 1. The Kier molecular flexibility index (Phi) is 4.66. The van der Waals surface area contributed by atoms with Gasteiger partial charge < -0.3 is 10.1 Å².